The molecule has 1 N–H and O–H groups in total. The van der Waals surface area contributed by atoms with Gasteiger partial charge < -0.3 is 10.1 Å². The van der Waals surface area contributed by atoms with Crippen LogP contribution in [0.5, 0.6) is 0 Å². The van der Waals surface area contributed by atoms with Crippen LogP contribution < -0.4 is 10.2 Å². The highest BCUT2D eigenvalue weighted by atomic mass is 16.5. The summed E-state index contributed by atoms with van der Waals surface area (Å²) in [5.41, 5.74) is 1.02. The molecule has 0 saturated heterocycles. The Morgan fingerprint density at radius 1 is 1.32 bits per heavy atom. The highest BCUT2D eigenvalue weighted by Gasteiger charge is 2.48. The summed E-state index contributed by atoms with van der Waals surface area (Å²) in [6.45, 7) is 1.89. The summed E-state index contributed by atoms with van der Waals surface area (Å²) in [5.74, 6) is -1.67. The van der Waals surface area contributed by atoms with Crippen molar-refractivity contribution in [3.05, 3.63) is 53.4 Å². The minimum absolute atomic E-state index is 0.140. The van der Waals surface area contributed by atoms with Crippen molar-refractivity contribution in [1.82, 2.24) is 5.32 Å². The first kappa shape index (κ1) is 15.3. The lowest BCUT2D eigenvalue weighted by Gasteiger charge is -2.41. The number of hydrogen-bond acceptors (Lipinski definition) is 5. The van der Waals surface area contributed by atoms with Gasteiger partial charge in [-0.2, -0.15) is 0 Å². The molecule has 0 aromatic heterocycles. The van der Waals surface area contributed by atoms with Crippen LogP contribution in [0.1, 0.15) is 17.3 Å². The third kappa shape index (κ3) is 2.20. The molecule has 3 aliphatic heterocycles. The molecule has 1 aromatic carbocycles. The molecule has 0 radical (unpaired) electrons. The maximum Gasteiger partial charge on any atom is 0.339 e. The summed E-state index contributed by atoms with van der Waals surface area (Å²) >= 11 is 0. The van der Waals surface area contributed by atoms with Gasteiger partial charge in [-0.05, 0) is 25.1 Å². The number of aliphatic imine (C=N–C) groups is 1. The molecule has 0 spiro atoms. The number of ether oxygens (including phenoxy) is 1. The number of anilines is 1. The number of nitrogens with zero attached hydrogens (tertiary/aromatic N) is 2. The maximum atomic E-state index is 13.1. The van der Waals surface area contributed by atoms with Gasteiger partial charge in [0.15, 0.2) is 0 Å². The van der Waals surface area contributed by atoms with Crippen molar-refractivity contribution in [1.29, 1.82) is 0 Å². The lowest BCUT2D eigenvalue weighted by molar-refractivity contribution is -0.139. The molecule has 0 aliphatic carbocycles. The molecule has 7 heteroatoms. The highest BCUT2D eigenvalue weighted by molar-refractivity contribution is 6.15. The van der Waals surface area contributed by atoms with Crippen molar-refractivity contribution in [2.24, 2.45) is 10.9 Å². The molecule has 126 valence electrons. The van der Waals surface area contributed by atoms with E-state index in [0.717, 1.165) is 0 Å². The number of allylic oxidation sites excluding steroid dienone is 1. The van der Waals surface area contributed by atoms with Gasteiger partial charge >= 0.3 is 5.97 Å². The third-order valence-electron chi connectivity index (χ3n) is 4.39. The Bertz CT molecular complexity index is 884. The Balaban J connectivity index is 1.96. The number of hydrogen-bond donors (Lipinski definition) is 1. The minimum atomic E-state index is -0.701. The second-order valence-corrected chi connectivity index (χ2v) is 5.78. The van der Waals surface area contributed by atoms with E-state index in [9.17, 15) is 14.4 Å². The van der Waals surface area contributed by atoms with E-state index in [1.807, 2.05) is 0 Å². The van der Waals surface area contributed by atoms with Crippen molar-refractivity contribution >= 4 is 29.7 Å². The minimum Gasteiger partial charge on any atom is -0.462 e. The molecule has 0 fully saturated rings. The van der Waals surface area contributed by atoms with E-state index in [0.29, 0.717) is 11.3 Å². The molecule has 4 rings (SSSR count). The smallest absolute Gasteiger partial charge is 0.339 e. The van der Waals surface area contributed by atoms with Crippen LogP contribution in [0.4, 0.5) is 5.69 Å². The Hall–Kier alpha value is -3.22. The lowest BCUT2D eigenvalue weighted by Crippen LogP contribution is -2.55. The third-order valence-corrected chi connectivity index (χ3v) is 4.39. The molecule has 25 heavy (non-hydrogen) atoms. The van der Waals surface area contributed by atoms with E-state index in [1.165, 1.54) is 4.90 Å². The molecule has 0 bridgehead atoms. The van der Waals surface area contributed by atoms with Crippen LogP contribution in [0.15, 0.2) is 52.8 Å². The van der Waals surface area contributed by atoms with Crippen LogP contribution in [-0.2, 0) is 14.3 Å². The average molecular weight is 337 g/mol. The van der Waals surface area contributed by atoms with Crippen molar-refractivity contribution in [3.63, 3.8) is 0 Å². The molecule has 7 nitrogen and oxygen atoms in total. The summed E-state index contributed by atoms with van der Waals surface area (Å²) < 4.78 is 5.15. The van der Waals surface area contributed by atoms with Crippen molar-refractivity contribution in [2.45, 2.75) is 13.0 Å². The number of carbonyl (C=O) groups is 3. The van der Waals surface area contributed by atoms with Crippen LogP contribution in [-0.4, -0.2) is 36.6 Å². The molecule has 0 saturated carbocycles. The van der Waals surface area contributed by atoms with Crippen molar-refractivity contribution < 1.29 is 19.1 Å². The highest BCUT2D eigenvalue weighted by Crippen LogP contribution is 2.38. The molecule has 2 unspecified atom stereocenters. The number of nitrogens with one attached hydrogen (secondary N) is 1. The van der Waals surface area contributed by atoms with Gasteiger partial charge in [-0.1, -0.05) is 18.2 Å². The number of amides is 2. The first-order valence-corrected chi connectivity index (χ1v) is 7.99. The number of benzene rings is 1. The Labute approximate surface area is 143 Å². The lowest BCUT2D eigenvalue weighted by atomic mass is 9.85. The number of fused-ring (bicyclic) bond motifs is 4. The van der Waals surface area contributed by atoms with Crippen molar-refractivity contribution in [3.8, 4) is 0 Å². The van der Waals surface area contributed by atoms with E-state index in [1.54, 1.807) is 49.6 Å². The molecule has 2 amide bonds. The fraction of sp³-hybridized carbons (Fsp3) is 0.222. The van der Waals surface area contributed by atoms with Gasteiger partial charge in [-0.25, -0.2) is 4.79 Å². The van der Waals surface area contributed by atoms with E-state index < -0.39 is 17.9 Å². The van der Waals surface area contributed by atoms with Crippen LogP contribution in [0, 0.1) is 5.92 Å². The normalized spacial score (nSPS) is 23.6. The maximum absolute atomic E-state index is 13.1. The van der Waals surface area contributed by atoms with E-state index in [2.05, 4.69) is 10.3 Å². The van der Waals surface area contributed by atoms with Crippen LogP contribution in [0.25, 0.3) is 0 Å². The molecule has 3 heterocycles. The first-order chi connectivity index (χ1) is 12.1. The molecule has 3 aliphatic rings. The first-order valence-electron chi connectivity index (χ1n) is 7.99. The molecular formula is C18H15N3O4. The monoisotopic (exact) mass is 337 g/mol. The van der Waals surface area contributed by atoms with E-state index in [-0.39, 0.29) is 29.8 Å². The topological polar surface area (TPSA) is 88.1 Å². The largest absolute Gasteiger partial charge is 0.462 e. The zero-order valence-electron chi connectivity index (χ0n) is 13.4. The predicted molar refractivity (Wildman–Crippen MR) is 90.0 cm³/mol. The second-order valence-electron chi connectivity index (χ2n) is 5.78. The predicted octanol–water partition coefficient (Wildman–Crippen LogP) is 1.18. The Kier molecular flexibility index (Phi) is 3.49. The van der Waals surface area contributed by atoms with Crippen LogP contribution >= 0.6 is 0 Å². The number of para-hydroxylation sites is 1. The zero-order chi connectivity index (χ0) is 17.6. The fourth-order valence-corrected chi connectivity index (χ4v) is 3.33. The Morgan fingerprint density at radius 3 is 2.92 bits per heavy atom. The van der Waals surface area contributed by atoms with Crippen LogP contribution in [0.2, 0.25) is 0 Å². The van der Waals surface area contributed by atoms with Gasteiger partial charge in [0, 0.05) is 6.21 Å². The van der Waals surface area contributed by atoms with Gasteiger partial charge in [-0.15, -0.1) is 0 Å². The quantitative estimate of drug-likeness (QED) is 0.821. The van der Waals surface area contributed by atoms with Gasteiger partial charge in [-0.3, -0.25) is 19.5 Å². The second kappa shape index (κ2) is 5.70. The SMILES string of the molecule is CCOC(=O)C1=C2NC(=O)c3ccccc3N2C(=O)C2C=CC=NC12. The van der Waals surface area contributed by atoms with E-state index in [4.69, 9.17) is 4.74 Å². The molecule has 2 atom stereocenters. The number of esters is 1. The number of carbonyl (C=O) groups excluding carboxylic acids is 3. The summed E-state index contributed by atoms with van der Waals surface area (Å²) in [6.07, 6.45) is 4.94. The van der Waals surface area contributed by atoms with Crippen molar-refractivity contribution in [2.75, 3.05) is 11.5 Å². The van der Waals surface area contributed by atoms with Gasteiger partial charge in [0.05, 0.1) is 23.8 Å². The van der Waals surface area contributed by atoms with Gasteiger partial charge in [0.1, 0.15) is 17.4 Å². The summed E-state index contributed by atoms with van der Waals surface area (Å²) in [5, 5.41) is 2.67. The average Bonchev–Trinajstić information content (AvgIpc) is 2.62. The molecule has 1 aromatic rings. The zero-order valence-corrected chi connectivity index (χ0v) is 13.4. The summed E-state index contributed by atoms with van der Waals surface area (Å²) in [7, 11) is 0. The Morgan fingerprint density at radius 2 is 2.12 bits per heavy atom. The standard InChI is InChI=1S/C18H15N3O4/c1-2-25-18(24)13-14-11(7-5-9-19-14)17(23)21-12-8-4-3-6-10(12)16(22)20-15(13)21/h3-9,11,14H,2H2,1H3,(H,20,22). The summed E-state index contributed by atoms with van der Waals surface area (Å²) in [4.78, 5) is 43.7. The number of dihydropyridines is 1. The van der Waals surface area contributed by atoms with E-state index >= 15 is 0 Å². The fourth-order valence-electron chi connectivity index (χ4n) is 3.33. The number of rotatable bonds is 2. The van der Waals surface area contributed by atoms with Gasteiger partial charge in [0.25, 0.3) is 5.91 Å². The summed E-state index contributed by atoms with van der Waals surface area (Å²) in [6, 6.07) is 6.09. The van der Waals surface area contributed by atoms with Crippen LogP contribution in [0.3, 0.4) is 0 Å². The molecular weight excluding hydrogens is 322 g/mol. The van der Waals surface area contributed by atoms with Gasteiger partial charge in [0.2, 0.25) is 5.91 Å².